The van der Waals surface area contributed by atoms with Crippen LogP contribution in [-0.4, -0.2) is 40.3 Å². The molecule has 0 atom stereocenters. The summed E-state index contributed by atoms with van der Waals surface area (Å²) in [4.78, 5) is 24.0. The maximum atomic E-state index is 12.0. The molecule has 4 N–H and O–H groups in total. The van der Waals surface area contributed by atoms with Crippen molar-refractivity contribution >= 4 is 23.2 Å². The number of amides is 2. The van der Waals surface area contributed by atoms with Crippen molar-refractivity contribution in [1.29, 1.82) is 0 Å². The van der Waals surface area contributed by atoms with Crippen LogP contribution in [0.25, 0.3) is 0 Å². The van der Waals surface area contributed by atoms with E-state index in [0.717, 1.165) is 0 Å². The Morgan fingerprint density at radius 1 is 0.643 bits per heavy atom. The predicted octanol–water partition coefficient (Wildman–Crippen LogP) is 1.31. The smallest absolute Gasteiger partial charge is 0.329 e. The summed E-state index contributed by atoms with van der Waals surface area (Å²) in [5, 5.41) is 0. The third-order valence-corrected chi connectivity index (χ3v) is 3.64. The van der Waals surface area contributed by atoms with Crippen LogP contribution >= 0.6 is 0 Å². The van der Waals surface area contributed by atoms with Gasteiger partial charge in [-0.3, -0.25) is 31.3 Å². The summed E-state index contributed by atoms with van der Waals surface area (Å²) in [5.74, 6) is 0.155. The molecule has 28 heavy (non-hydrogen) atoms. The van der Waals surface area contributed by atoms with Crippen LogP contribution in [0.2, 0.25) is 0 Å². The molecule has 0 fully saturated rings. The third-order valence-electron chi connectivity index (χ3n) is 3.64. The van der Waals surface area contributed by atoms with Crippen LogP contribution in [-0.2, 0) is 9.59 Å². The van der Waals surface area contributed by atoms with Crippen molar-refractivity contribution in [1.82, 2.24) is 10.9 Å². The molecular weight excluding hydrogens is 368 g/mol. The first-order chi connectivity index (χ1) is 13.5. The highest BCUT2D eigenvalue weighted by molar-refractivity contribution is 6.35. The van der Waals surface area contributed by atoms with Gasteiger partial charge in [0.1, 0.15) is 23.0 Å². The highest BCUT2D eigenvalue weighted by Crippen LogP contribution is 2.29. The number of carbonyl (C=O) groups is 2. The Hall–Kier alpha value is -3.82. The van der Waals surface area contributed by atoms with Gasteiger partial charge in [-0.05, 0) is 24.3 Å². The molecule has 0 saturated heterocycles. The second-order valence-corrected chi connectivity index (χ2v) is 5.29. The van der Waals surface area contributed by atoms with E-state index in [1.807, 2.05) is 0 Å². The van der Waals surface area contributed by atoms with Gasteiger partial charge in [0, 0.05) is 12.1 Å². The molecule has 2 aromatic carbocycles. The molecule has 0 aliphatic carbocycles. The highest BCUT2D eigenvalue weighted by atomic mass is 16.5. The van der Waals surface area contributed by atoms with Crippen LogP contribution in [0.4, 0.5) is 11.4 Å². The van der Waals surface area contributed by atoms with Gasteiger partial charge < -0.3 is 18.9 Å². The van der Waals surface area contributed by atoms with Crippen molar-refractivity contribution in [2.24, 2.45) is 0 Å². The Morgan fingerprint density at radius 2 is 1.04 bits per heavy atom. The van der Waals surface area contributed by atoms with Crippen molar-refractivity contribution in [2.45, 2.75) is 0 Å². The Balaban J connectivity index is 1.96. The standard InChI is InChI=1S/C18H22N4O6/c1-25-11-5-7-15(27-3)13(9-11)19-21-17(23)18(24)22-20-14-10-12(26-2)6-8-16(14)28-4/h5-10,19-20H,1-4H3,(H,21,23)(H,22,24). The quantitative estimate of drug-likeness (QED) is 0.393. The van der Waals surface area contributed by atoms with E-state index in [-0.39, 0.29) is 0 Å². The second kappa shape index (κ2) is 9.76. The lowest BCUT2D eigenvalue weighted by Crippen LogP contribution is -2.44. The minimum atomic E-state index is -0.931. The van der Waals surface area contributed by atoms with Crippen LogP contribution in [0, 0.1) is 0 Å². The van der Waals surface area contributed by atoms with Gasteiger partial charge in [0.15, 0.2) is 0 Å². The van der Waals surface area contributed by atoms with Gasteiger partial charge in [-0.15, -0.1) is 0 Å². The number of rotatable bonds is 8. The number of methoxy groups -OCH3 is 4. The minimum absolute atomic E-state index is 0.422. The summed E-state index contributed by atoms with van der Waals surface area (Å²) in [6.45, 7) is 0. The van der Waals surface area contributed by atoms with Crippen LogP contribution in [0.15, 0.2) is 36.4 Å². The number of carbonyl (C=O) groups excluding carboxylic acids is 2. The van der Waals surface area contributed by atoms with Gasteiger partial charge in [0.2, 0.25) is 0 Å². The lowest BCUT2D eigenvalue weighted by molar-refractivity contribution is -0.138. The number of benzene rings is 2. The molecule has 0 bridgehead atoms. The highest BCUT2D eigenvalue weighted by Gasteiger charge is 2.15. The Morgan fingerprint density at radius 3 is 1.36 bits per heavy atom. The number of hydrogen-bond donors (Lipinski definition) is 4. The summed E-state index contributed by atoms with van der Waals surface area (Å²) in [7, 11) is 5.98. The molecule has 0 spiro atoms. The van der Waals surface area contributed by atoms with Gasteiger partial charge in [-0.25, -0.2) is 0 Å². The zero-order chi connectivity index (χ0) is 20.5. The van der Waals surface area contributed by atoms with E-state index in [9.17, 15) is 9.59 Å². The van der Waals surface area contributed by atoms with Crippen LogP contribution in [0.1, 0.15) is 0 Å². The normalized spacial score (nSPS) is 9.71. The number of nitrogens with one attached hydrogen (secondary N) is 4. The number of ether oxygens (including phenoxy) is 4. The number of hydrazine groups is 2. The first kappa shape index (κ1) is 20.5. The molecule has 0 aliphatic heterocycles. The van der Waals surface area contributed by atoms with Crippen molar-refractivity contribution in [3.63, 3.8) is 0 Å². The van der Waals surface area contributed by atoms with E-state index in [1.54, 1.807) is 36.4 Å². The summed E-state index contributed by atoms with van der Waals surface area (Å²) < 4.78 is 20.6. The molecule has 0 aromatic heterocycles. The number of hydrogen-bond acceptors (Lipinski definition) is 8. The predicted molar refractivity (Wildman–Crippen MR) is 103 cm³/mol. The van der Waals surface area contributed by atoms with E-state index in [1.165, 1.54) is 28.4 Å². The van der Waals surface area contributed by atoms with Gasteiger partial charge >= 0.3 is 11.8 Å². The van der Waals surface area contributed by atoms with Crippen LogP contribution < -0.4 is 40.7 Å². The summed E-state index contributed by atoms with van der Waals surface area (Å²) in [6.07, 6.45) is 0. The Kier molecular flexibility index (Phi) is 7.14. The molecule has 0 saturated carbocycles. The maximum absolute atomic E-state index is 12.0. The average Bonchev–Trinajstić information content (AvgIpc) is 2.74. The lowest BCUT2D eigenvalue weighted by atomic mass is 10.3. The number of anilines is 2. The fraction of sp³-hybridized carbons (Fsp3) is 0.222. The van der Waals surface area contributed by atoms with Gasteiger partial charge in [-0.1, -0.05) is 0 Å². The first-order valence-corrected chi connectivity index (χ1v) is 8.08. The van der Waals surface area contributed by atoms with E-state index >= 15 is 0 Å². The molecule has 10 nitrogen and oxygen atoms in total. The molecule has 0 aliphatic rings. The molecule has 2 amide bonds. The van der Waals surface area contributed by atoms with Gasteiger partial charge in [0.25, 0.3) is 0 Å². The minimum Gasteiger partial charge on any atom is -0.497 e. The Labute approximate surface area is 162 Å². The third kappa shape index (κ3) is 5.10. The molecular formula is C18H22N4O6. The lowest BCUT2D eigenvalue weighted by Gasteiger charge is -2.15. The second-order valence-electron chi connectivity index (χ2n) is 5.29. The Bertz CT molecular complexity index is 773. The fourth-order valence-corrected chi connectivity index (χ4v) is 2.19. The van der Waals surface area contributed by atoms with Crippen molar-refractivity contribution in [3.05, 3.63) is 36.4 Å². The first-order valence-electron chi connectivity index (χ1n) is 8.08. The molecule has 2 rings (SSSR count). The monoisotopic (exact) mass is 390 g/mol. The molecule has 0 heterocycles. The maximum Gasteiger partial charge on any atom is 0.329 e. The molecule has 0 radical (unpaired) electrons. The fourth-order valence-electron chi connectivity index (χ4n) is 2.19. The largest absolute Gasteiger partial charge is 0.497 e. The zero-order valence-corrected chi connectivity index (χ0v) is 15.9. The zero-order valence-electron chi connectivity index (χ0n) is 15.9. The van der Waals surface area contributed by atoms with E-state index in [2.05, 4.69) is 21.7 Å². The molecule has 2 aromatic rings. The average molecular weight is 390 g/mol. The topological polar surface area (TPSA) is 119 Å². The van der Waals surface area contributed by atoms with Crippen LogP contribution in [0.3, 0.4) is 0 Å². The molecule has 10 heteroatoms. The van der Waals surface area contributed by atoms with Gasteiger partial charge in [0.05, 0.1) is 39.8 Å². The van der Waals surface area contributed by atoms with Crippen molar-refractivity contribution in [3.8, 4) is 23.0 Å². The van der Waals surface area contributed by atoms with E-state index in [4.69, 9.17) is 18.9 Å². The van der Waals surface area contributed by atoms with E-state index < -0.39 is 11.8 Å². The summed E-state index contributed by atoms with van der Waals surface area (Å²) in [6, 6.07) is 9.93. The summed E-state index contributed by atoms with van der Waals surface area (Å²) in [5.41, 5.74) is 10.6. The van der Waals surface area contributed by atoms with Crippen molar-refractivity contribution < 1.29 is 28.5 Å². The van der Waals surface area contributed by atoms with Crippen molar-refractivity contribution in [2.75, 3.05) is 39.3 Å². The SMILES string of the molecule is COc1ccc(OC)c(NNC(=O)C(=O)NNc2cc(OC)ccc2OC)c1. The van der Waals surface area contributed by atoms with E-state index in [0.29, 0.717) is 34.4 Å². The van der Waals surface area contributed by atoms with Gasteiger partial charge in [-0.2, -0.15) is 0 Å². The molecule has 0 unspecified atom stereocenters. The van der Waals surface area contributed by atoms with Crippen LogP contribution in [0.5, 0.6) is 23.0 Å². The summed E-state index contributed by atoms with van der Waals surface area (Å²) >= 11 is 0. The molecule has 150 valence electrons.